The molecule has 0 aliphatic carbocycles. The average molecular weight is 294 g/mol. The zero-order valence-electron chi connectivity index (χ0n) is 12.8. The van der Waals surface area contributed by atoms with Crippen LogP contribution in [-0.2, 0) is 16.0 Å². The maximum Gasteiger partial charge on any atom is 0.408 e. The van der Waals surface area contributed by atoms with E-state index in [9.17, 15) is 14.7 Å². The molecule has 0 bridgehead atoms. The summed E-state index contributed by atoms with van der Waals surface area (Å²) < 4.78 is 5.15. The molecule has 0 heterocycles. The third-order valence-corrected chi connectivity index (χ3v) is 2.63. The molecular weight excluding hydrogens is 272 g/mol. The van der Waals surface area contributed by atoms with Gasteiger partial charge in [-0.25, -0.2) is 4.79 Å². The molecule has 0 aliphatic heterocycles. The summed E-state index contributed by atoms with van der Waals surface area (Å²) in [5.41, 5.74) is 0.188. The van der Waals surface area contributed by atoms with E-state index in [1.807, 2.05) is 0 Å². The number of aromatic hydroxyl groups is 1. The smallest absolute Gasteiger partial charge is 0.408 e. The van der Waals surface area contributed by atoms with E-state index >= 15 is 0 Å². The van der Waals surface area contributed by atoms with Gasteiger partial charge >= 0.3 is 6.09 Å². The lowest BCUT2D eigenvalue weighted by Gasteiger charge is -2.23. The SMILES string of the molecule is CNC(=O)[C@@H](Cc1ccc(O)cc1)NC(=O)OC(C)(C)C. The zero-order chi connectivity index (χ0) is 16.0. The molecular formula is C15H22N2O4. The summed E-state index contributed by atoms with van der Waals surface area (Å²) in [5.74, 6) is -0.163. The quantitative estimate of drug-likeness (QED) is 0.786. The molecule has 0 radical (unpaired) electrons. The molecule has 0 unspecified atom stereocenters. The summed E-state index contributed by atoms with van der Waals surface area (Å²) in [6.07, 6.45) is -0.339. The van der Waals surface area contributed by atoms with E-state index in [1.165, 1.54) is 19.2 Å². The lowest BCUT2D eigenvalue weighted by Crippen LogP contribution is -2.48. The fourth-order valence-electron chi connectivity index (χ4n) is 1.70. The predicted octanol–water partition coefficient (Wildman–Crippen LogP) is 1.57. The first kappa shape index (κ1) is 16.8. The number of carbonyl (C=O) groups is 2. The van der Waals surface area contributed by atoms with Crippen LogP contribution in [0.15, 0.2) is 24.3 Å². The molecule has 0 saturated carbocycles. The number of hydrogen-bond acceptors (Lipinski definition) is 4. The number of likely N-dealkylation sites (N-methyl/N-ethyl adjacent to an activating group) is 1. The highest BCUT2D eigenvalue weighted by atomic mass is 16.6. The fourth-order valence-corrected chi connectivity index (χ4v) is 1.70. The van der Waals surface area contributed by atoms with Crippen LogP contribution in [0.1, 0.15) is 26.3 Å². The van der Waals surface area contributed by atoms with Gasteiger partial charge in [-0.15, -0.1) is 0 Å². The Morgan fingerprint density at radius 3 is 2.29 bits per heavy atom. The number of ether oxygens (including phenoxy) is 1. The van der Waals surface area contributed by atoms with Gasteiger partial charge in [0.2, 0.25) is 5.91 Å². The summed E-state index contributed by atoms with van der Waals surface area (Å²) >= 11 is 0. The Kier molecular flexibility index (Phi) is 5.58. The van der Waals surface area contributed by atoms with Crippen LogP contribution in [0.4, 0.5) is 4.79 Å². The Labute approximate surface area is 124 Å². The second kappa shape index (κ2) is 6.97. The van der Waals surface area contributed by atoms with Gasteiger partial charge in [0.1, 0.15) is 17.4 Å². The molecule has 0 saturated heterocycles. The van der Waals surface area contributed by atoms with Crippen molar-refractivity contribution in [3.8, 4) is 5.75 Å². The number of rotatable bonds is 4. The van der Waals surface area contributed by atoms with Crippen LogP contribution in [0.2, 0.25) is 0 Å². The first-order valence-corrected chi connectivity index (χ1v) is 6.70. The molecule has 6 heteroatoms. The number of hydrogen-bond donors (Lipinski definition) is 3. The van der Waals surface area contributed by atoms with Crippen molar-refractivity contribution in [1.29, 1.82) is 0 Å². The second-order valence-corrected chi connectivity index (χ2v) is 5.68. The summed E-state index contributed by atoms with van der Waals surface area (Å²) in [7, 11) is 1.50. The van der Waals surface area contributed by atoms with Gasteiger partial charge in [-0.1, -0.05) is 12.1 Å². The maximum absolute atomic E-state index is 11.9. The molecule has 116 valence electrons. The van der Waals surface area contributed by atoms with Crippen molar-refractivity contribution < 1.29 is 19.4 Å². The molecule has 1 rings (SSSR count). The lowest BCUT2D eigenvalue weighted by molar-refractivity contribution is -0.122. The van der Waals surface area contributed by atoms with E-state index in [0.717, 1.165) is 5.56 Å². The molecule has 21 heavy (non-hydrogen) atoms. The minimum Gasteiger partial charge on any atom is -0.508 e. The Bertz CT molecular complexity index is 491. The van der Waals surface area contributed by atoms with Crippen LogP contribution in [0.25, 0.3) is 0 Å². The topological polar surface area (TPSA) is 87.7 Å². The number of phenols is 1. The highest BCUT2D eigenvalue weighted by molar-refractivity contribution is 5.85. The molecule has 0 aromatic heterocycles. The van der Waals surface area contributed by atoms with Gasteiger partial charge in [-0.3, -0.25) is 4.79 Å². The van der Waals surface area contributed by atoms with Gasteiger partial charge in [0.05, 0.1) is 0 Å². The van der Waals surface area contributed by atoms with Gasteiger partial charge in [0.15, 0.2) is 0 Å². The minimum absolute atomic E-state index is 0.148. The molecule has 0 aliphatic rings. The van der Waals surface area contributed by atoms with Crippen molar-refractivity contribution in [2.75, 3.05) is 7.05 Å². The summed E-state index contributed by atoms with van der Waals surface area (Å²) in [6.45, 7) is 5.25. The van der Waals surface area contributed by atoms with Crippen LogP contribution in [0.3, 0.4) is 0 Å². The summed E-state index contributed by atoms with van der Waals surface area (Å²) in [5, 5.41) is 14.3. The van der Waals surface area contributed by atoms with Crippen molar-refractivity contribution in [1.82, 2.24) is 10.6 Å². The van der Waals surface area contributed by atoms with Crippen LogP contribution in [0.5, 0.6) is 5.75 Å². The zero-order valence-corrected chi connectivity index (χ0v) is 12.8. The number of nitrogens with one attached hydrogen (secondary N) is 2. The standard InChI is InChI=1S/C15H22N2O4/c1-15(2,3)21-14(20)17-12(13(19)16-4)9-10-5-7-11(18)8-6-10/h5-8,12,18H,9H2,1-4H3,(H,16,19)(H,17,20)/t12-/m1/s1. The molecule has 0 fully saturated rings. The highest BCUT2D eigenvalue weighted by Crippen LogP contribution is 2.12. The Morgan fingerprint density at radius 2 is 1.81 bits per heavy atom. The Morgan fingerprint density at radius 1 is 1.24 bits per heavy atom. The summed E-state index contributed by atoms with van der Waals surface area (Å²) in [4.78, 5) is 23.6. The van der Waals surface area contributed by atoms with Crippen LogP contribution in [-0.4, -0.2) is 35.8 Å². The lowest BCUT2D eigenvalue weighted by atomic mass is 10.1. The first-order chi connectivity index (χ1) is 9.71. The number of benzene rings is 1. The van der Waals surface area contributed by atoms with Crippen molar-refractivity contribution in [2.45, 2.75) is 38.8 Å². The molecule has 3 N–H and O–H groups in total. The van der Waals surface area contributed by atoms with Crippen molar-refractivity contribution in [2.24, 2.45) is 0 Å². The molecule has 2 amide bonds. The monoisotopic (exact) mass is 294 g/mol. The van der Waals surface area contributed by atoms with E-state index in [2.05, 4.69) is 10.6 Å². The van der Waals surface area contributed by atoms with Gasteiger partial charge in [-0.2, -0.15) is 0 Å². The fraction of sp³-hybridized carbons (Fsp3) is 0.467. The largest absolute Gasteiger partial charge is 0.508 e. The minimum atomic E-state index is -0.741. The number of carbonyl (C=O) groups excluding carboxylic acids is 2. The Hall–Kier alpha value is -2.24. The summed E-state index contributed by atoms with van der Waals surface area (Å²) in [6, 6.07) is 5.71. The Balaban J connectivity index is 2.74. The van der Waals surface area contributed by atoms with Gasteiger partial charge in [0, 0.05) is 13.5 Å². The van der Waals surface area contributed by atoms with Gasteiger partial charge in [0.25, 0.3) is 0 Å². The third kappa shape index (κ3) is 6.16. The maximum atomic E-state index is 11.9. The third-order valence-electron chi connectivity index (χ3n) is 2.63. The van der Waals surface area contributed by atoms with Crippen LogP contribution < -0.4 is 10.6 Å². The van der Waals surface area contributed by atoms with Crippen molar-refractivity contribution >= 4 is 12.0 Å². The van der Waals surface area contributed by atoms with E-state index in [-0.39, 0.29) is 11.7 Å². The highest BCUT2D eigenvalue weighted by Gasteiger charge is 2.23. The number of phenolic OH excluding ortho intramolecular Hbond substituents is 1. The average Bonchev–Trinajstić information content (AvgIpc) is 2.37. The van der Waals surface area contributed by atoms with Crippen LogP contribution >= 0.6 is 0 Å². The molecule has 6 nitrogen and oxygen atoms in total. The number of alkyl carbamates (subject to hydrolysis) is 1. The van der Waals surface area contributed by atoms with E-state index < -0.39 is 17.7 Å². The van der Waals surface area contributed by atoms with Gasteiger partial charge in [-0.05, 0) is 38.5 Å². The molecule has 1 aromatic carbocycles. The van der Waals surface area contributed by atoms with Gasteiger partial charge < -0.3 is 20.5 Å². The van der Waals surface area contributed by atoms with E-state index in [1.54, 1.807) is 32.9 Å². The molecule has 0 spiro atoms. The van der Waals surface area contributed by atoms with Crippen molar-refractivity contribution in [3.63, 3.8) is 0 Å². The van der Waals surface area contributed by atoms with Crippen molar-refractivity contribution in [3.05, 3.63) is 29.8 Å². The second-order valence-electron chi connectivity index (χ2n) is 5.68. The first-order valence-electron chi connectivity index (χ1n) is 6.70. The van der Waals surface area contributed by atoms with E-state index in [0.29, 0.717) is 6.42 Å². The molecule has 1 atom stereocenters. The van der Waals surface area contributed by atoms with Crippen LogP contribution in [0, 0.1) is 0 Å². The predicted molar refractivity (Wildman–Crippen MR) is 79.0 cm³/mol. The molecule has 1 aromatic rings. The number of amides is 2. The normalized spacial score (nSPS) is 12.4. The van der Waals surface area contributed by atoms with E-state index in [4.69, 9.17) is 4.74 Å².